The molecule has 16 heteroatoms. The van der Waals surface area contributed by atoms with Gasteiger partial charge in [0, 0.05) is 63.7 Å². The van der Waals surface area contributed by atoms with E-state index in [0.717, 1.165) is 0 Å². The smallest absolute Gasteiger partial charge is 0.291 e. The first-order valence-electron chi connectivity index (χ1n) is 15.7. The van der Waals surface area contributed by atoms with Gasteiger partial charge in [-0.25, -0.2) is 9.37 Å². The highest BCUT2D eigenvalue weighted by atomic mass is 35.5. The van der Waals surface area contributed by atoms with Crippen LogP contribution in [0, 0.1) is 11.6 Å². The van der Waals surface area contributed by atoms with Gasteiger partial charge >= 0.3 is 0 Å². The number of amides is 3. The van der Waals surface area contributed by atoms with E-state index in [-0.39, 0.29) is 68.4 Å². The number of halogens is 3. The van der Waals surface area contributed by atoms with Crippen molar-refractivity contribution in [3.63, 3.8) is 0 Å². The summed E-state index contributed by atoms with van der Waals surface area (Å²) in [4.78, 5) is 57.8. The minimum absolute atomic E-state index is 0.0646. The van der Waals surface area contributed by atoms with Crippen molar-refractivity contribution < 1.29 is 42.3 Å². The fourth-order valence-corrected chi connectivity index (χ4v) is 6.13. The number of carboxylic acids is 1. The lowest BCUT2D eigenvalue weighted by Crippen LogP contribution is -2.53. The Balaban J connectivity index is 1.31. The number of likely N-dealkylation sites (N-methyl/N-ethyl adjacent to an activating group) is 1. The number of aromatic nitrogens is 2. The number of ether oxygens (including phenoxy) is 1. The van der Waals surface area contributed by atoms with Crippen LogP contribution in [0.1, 0.15) is 40.2 Å². The number of carboxylic acid groups (broad SMARTS) is 1. The molecular formula is C33H40ClF2N7O6. The number of imidazole rings is 1. The van der Waals surface area contributed by atoms with E-state index < -0.39 is 23.5 Å². The van der Waals surface area contributed by atoms with Gasteiger partial charge in [-0.15, -0.1) is 0 Å². The van der Waals surface area contributed by atoms with Crippen LogP contribution >= 0.6 is 11.6 Å². The first-order chi connectivity index (χ1) is 23.3. The molecule has 13 nitrogen and oxygen atoms in total. The highest BCUT2D eigenvalue weighted by molar-refractivity contribution is 6.34. The van der Waals surface area contributed by atoms with Gasteiger partial charge in [0.2, 0.25) is 11.7 Å². The van der Waals surface area contributed by atoms with Gasteiger partial charge in [-0.05, 0) is 36.9 Å². The number of carbonyl (C=O) groups is 4. The van der Waals surface area contributed by atoms with Gasteiger partial charge in [0.1, 0.15) is 6.54 Å². The van der Waals surface area contributed by atoms with Crippen LogP contribution < -0.4 is 20.9 Å². The second-order valence-electron chi connectivity index (χ2n) is 12.1. The van der Waals surface area contributed by atoms with Crippen molar-refractivity contribution in [2.24, 2.45) is 12.8 Å². The molecule has 2 aromatic carbocycles. The number of aliphatic carboxylic acids is 1. The zero-order valence-corrected chi connectivity index (χ0v) is 28.4. The number of quaternary nitrogens is 1. The minimum Gasteiger partial charge on any atom is -0.544 e. The van der Waals surface area contributed by atoms with Crippen LogP contribution in [-0.2, 0) is 16.6 Å². The lowest BCUT2D eigenvalue weighted by molar-refractivity contribution is -0.904. The Morgan fingerprint density at radius 3 is 2.35 bits per heavy atom. The zero-order valence-electron chi connectivity index (χ0n) is 27.6. The molecule has 1 aliphatic heterocycles. The van der Waals surface area contributed by atoms with Crippen LogP contribution in [0.25, 0.3) is 11.3 Å². The summed E-state index contributed by atoms with van der Waals surface area (Å²) in [6, 6.07) is 7.03. The molecule has 1 unspecified atom stereocenters. The number of nitrogens with zero attached hydrogens (tertiary/aromatic N) is 5. The molecule has 3 amide bonds. The number of nitrogens with one attached hydrogen (secondary N) is 1. The molecule has 3 N–H and O–H groups in total. The maximum Gasteiger partial charge on any atom is 0.291 e. The molecule has 2 heterocycles. The molecule has 1 aliphatic rings. The Labute approximate surface area is 287 Å². The summed E-state index contributed by atoms with van der Waals surface area (Å²) in [6.45, 7) is 2.66. The molecule has 1 fully saturated rings. The third-order valence-corrected chi connectivity index (χ3v) is 8.93. The van der Waals surface area contributed by atoms with E-state index in [1.807, 2.05) is 7.05 Å². The van der Waals surface area contributed by atoms with Crippen molar-refractivity contribution in [2.45, 2.75) is 19.3 Å². The van der Waals surface area contributed by atoms with Crippen molar-refractivity contribution in [2.75, 3.05) is 71.8 Å². The second kappa shape index (κ2) is 16.2. The van der Waals surface area contributed by atoms with E-state index in [0.29, 0.717) is 58.7 Å². The van der Waals surface area contributed by atoms with Gasteiger partial charge in [-0.1, -0.05) is 11.6 Å². The van der Waals surface area contributed by atoms with Crippen LogP contribution in [0.5, 0.6) is 5.75 Å². The summed E-state index contributed by atoms with van der Waals surface area (Å²) < 4.78 is 35.3. The maximum atomic E-state index is 14.7. The Morgan fingerprint density at radius 2 is 1.71 bits per heavy atom. The summed E-state index contributed by atoms with van der Waals surface area (Å²) in [6.07, 6.45) is 2.68. The van der Waals surface area contributed by atoms with Crippen molar-refractivity contribution in [1.82, 2.24) is 19.4 Å². The number of rotatable bonds is 14. The third kappa shape index (κ3) is 8.90. The molecule has 4 rings (SSSR count). The number of piperazine rings is 1. The Kier molecular flexibility index (Phi) is 12.3. The van der Waals surface area contributed by atoms with Crippen molar-refractivity contribution in [1.29, 1.82) is 0 Å². The van der Waals surface area contributed by atoms with Gasteiger partial charge in [-0.3, -0.25) is 14.4 Å². The molecule has 49 heavy (non-hydrogen) atoms. The van der Waals surface area contributed by atoms with E-state index >= 15 is 0 Å². The third-order valence-electron chi connectivity index (χ3n) is 8.61. The molecular weight excluding hydrogens is 664 g/mol. The van der Waals surface area contributed by atoms with Crippen LogP contribution in [0.15, 0.2) is 36.5 Å². The monoisotopic (exact) mass is 703 g/mol. The summed E-state index contributed by atoms with van der Waals surface area (Å²) in [5, 5.41) is 14.0. The molecule has 1 atom stereocenters. The van der Waals surface area contributed by atoms with Crippen molar-refractivity contribution in [3.05, 3.63) is 64.6 Å². The number of carbonyl (C=O) groups excluding carboxylic acids is 4. The molecule has 1 aromatic heterocycles. The first-order valence-corrected chi connectivity index (χ1v) is 16.1. The minimum atomic E-state index is -1.16. The van der Waals surface area contributed by atoms with Gasteiger partial charge in [0.15, 0.2) is 17.4 Å². The second-order valence-corrected chi connectivity index (χ2v) is 12.5. The lowest BCUT2D eigenvalue weighted by atomic mass is 10.1. The largest absolute Gasteiger partial charge is 0.544 e. The highest BCUT2D eigenvalue weighted by Crippen LogP contribution is 2.30. The molecule has 0 aliphatic carbocycles. The maximum absolute atomic E-state index is 14.7. The molecule has 264 valence electrons. The molecule has 0 spiro atoms. The fourth-order valence-electron chi connectivity index (χ4n) is 5.87. The van der Waals surface area contributed by atoms with Gasteiger partial charge in [-0.2, -0.15) is 4.39 Å². The van der Waals surface area contributed by atoms with Crippen molar-refractivity contribution >= 4 is 41.0 Å². The van der Waals surface area contributed by atoms with Crippen LogP contribution in [0.2, 0.25) is 5.02 Å². The standard InChI is InChI=1S/C33H40ClF2N7O6/c1-40-25(23-9-10-26(49-3)30(36)29(23)35)19-38-31(40)32(47)39-21-7-8-22(24(34)18-21)33(48)42-14-12-41(13-15-42)27(44)6-4-16-43(2,17-5-11-37)20-28(45)46/h7-10,18-19H,4-6,11-17,20,37H2,1-3H3,(H-,39,45,46,47,48). The van der Waals surface area contributed by atoms with E-state index in [1.54, 1.807) is 9.80 Å². The summed E-state index contributed by atoms with van der Waals surface area (Å²) in [5.41, 5.74) is 6.16. The van der Waals surface area contributed by atoms with Crippen LogP contribution in [-0.4, -0.2) is 114 Å². The Bertz CT molecular complexity index is 1710. The fraction of sp³-hybridized carbons (Fsp3) is 0.424. The van der Waals surface area contributed by atoms with Crippen molar-refractivity contribution in [3.8, 4) is 17.0 Å². The predicted octanol–water partition coefficient (Wildman–Crippen LogP) is 1.89. The number of hydrogen-bond acceptors (Lipinski definition) is 8. The highest BCUT2D eigenvalue weighted by Gasteiger charge is 2.28. The molecule has 1 saturated heterocycles. The van der Waals surface area contributed by atoms with Gasteiger partial charge in [0.25, 0.3) is 11.8 Å². The molecule has 0 saturated carbocycles. The average molecular weight is 704 g/mol. The van der Waals surface area contributed by atoms with E-state index in [1.165, 1.54) is 55.3 Å². The van der Waals surface area contributed by atoms with Gasteiger partial charge < -0.3 is 44.5 Å². The SMILES string of the molecule is COc1ccc(-c2cnc(C(=O)Nc3ccc(C(=O)N4CCN(C(=O)CCC[N+](C)(CCCN)CC(=O)[O-])CC4)c(Cl)c3)n2C)c(F)c1F. The van der Waals surface area contributed by atoms with E-state index in [9.17, 15) is 33.1 Å². The number of nitrogens with two attached hydrogens (primary N) is 1. The Morgan fingerprint density at radius 1 is 1.04 bits per heavy atom. The number of methoxy groups -OCH3 is 1. The summed E-state index contributed by atoms with van der Waals surface area (Å²) >= 11 is 6.46. The quantitative estimate of drug-likeness (QED) is 0.241. The molecule has 0 bridgehead atoms. The normalized spacial score (nSPS) is 14.3. The summed E-state index contributed by atoms with van der Waals surface area (Å²) in [7, 11) is 4.53. The number of anilines is 1. The lowest BCUT2D eigenvalue weighted by Gasteiger charge is -2.36. The summed E-state index contributed by atoms with van der Waals surface area (Å²) in [5.74, 6) is -4.81. The number of hydrogen-bond donors (Lipinski definition) is 2. The average Bonchev–Trinajstić information content (AvgIpc) is 3.45. The molecule has 3 aromatic rings. The van der Waals surface area contributed by atoms with E-state index in [2.05, 4.69) is 10.3 Å². The topological polar surface area (TPSA) is 163 Å². The first kappa shape index (κ1) is 37.2. The van der Waals surface area contributed by atoms with Gasteiger partial charge in [0.05, 0.1) is 55.7 Å². The predicted molar refractivity (Wildman–Crippen MR) is 176 cm³/mol. The van der Waals surface area contributed by atoms with Crippen LogP contribution in [0.3, 0.4) is 0 Å². The van der Waals surface area contributed by atoms with Crippen LogP contribution in [0.4, 0.5) is 14.5 Å². The number of benzene rings is 2. The Hall–Kier alpha value is -4.60. The zero-order chi connectivity index (χ0) is 35.9. The molecule has 0 radical (unpaired) electrons. The van der Waals surface area contributed by atoms with E-state index in [4.69, 9.17) is 22.1 Å².